The number of aliphatic hydroxyl groups excluding tert-OH is 1. The van der Waals surface area contributed by atoms with E-state index in [0.29, 0.717) is 13.1 Å². The first kappa shape index (κ1) is 11.9. The van der Waals surface area contributed by atoms with Gasteiger partial charge < -0.3 is 10.4 Å². The van der Waals surface area contributed by atoms with Gasteiger partial charge in [-0.25, -0.2) is 4.39 Å². The smallest absolute Gasteiger partial charge is 0.123 e. The predicted octanol–water partition coefficient (Wildman–Crippen LogP) is 1.81. The van der Waals surface area contributed by atoms with E-state index in [-0.39, 0.29) is 11.9 Å². The fourth-order valence-electron chi connectivity index (χ4n) is 1.14. The van der Waals surface area contributed by atoms with Gasteiger partial charge in [0.15, 0.2) is 0 Å². The van der Waals surface area contributed by atoms with Crippen LogP contribution in [-0.4, -0.2) is 24.3 Å². The lowest BCUT2D eigenvalue weighted by molar-refractivity contribution is 0.193. The molecular formula is C12H16FNO. The number of rotatable bonds is 5. The van der Waals surface area contributed by atoms with E-state index in [1.165, 1.54) is 12.1 Å². The molecule has 0 heterocycles. The third-order valence-corrected chi connectivity index (χ3v) is 1.88. The second kappa shape index (κ2) is 6.32. The zero-order valence-corrected chi connectivity index (χ0v) is 8.78. The molecule has 0 aromatic heterocycles. The molecule has 0 bridgehead atoms. The van der Waals surface area contributed by atoms with Crippen LogP contribution in [-0.2, 0) is 0 Å². The van der Waals surface area contributed by atoms with Gasteiger partial charge in [-0.1, -0.05) is 24.3 Å². The van der Waals surface area contributed by atoms with Crippen molar-refractivity contribution in [2.45, 2.75) is 13.0 Å². The van der Waals surface area contributed by atoms with Crippen molar-refractivity contribution >= 4 is 6.08 Å². The number of benzene rings is 1. The van der Waals surface area contributed by atoms with Gasteiger partial charge in [0.05, 0.1) is 6.10 Å². The topological polar surface area (TPSA) is 32.3 Å². The van der Waals surface area contributed by atoms with Crippen LogP contribution in [0.5, 0.6) is 0 Å². The first-order valence-corrected chi connectivity index (χ1v) is 4.99. The minimum absolute atomic E-state index is 0.223. The van der Waals surface area contributed by atoms with Gasteiger partial charge >= 0.3 is 0 Å². The van der Waals surface area contributed by atoms with Crippen molar-refractivity contribution in [3.63, 3.8) is 0 Å². The molecule has 0 saturated carbocycles. The Morgan fingerprint density at radius 2 is 2.07 bits per heavy atom. The molecule has 0 aliphatic rings. The quantitative estimate of drug-likeness (QED) is 0.725. The van der Waals surface area contributed by atoms with Crippen LogP contribution >= 0.6 is 0 Å². The number of nitrogens with one attached hydrogen (secondary N) is 1. The van der Waals surface area contributed by atoms with Crippen molar-refractivity contribution in [3.8, 4) is 0 Å². The van der Waals surface area contributed by atoms with E-state index in [4.69, 9.17) is 5.11 Å². The maximum Gasteiger partial charge on any atom is 0.123 e. The highest BCUT2D eigenvalue weighted by Crippen LogP contribution is 2.03. The largest absolute Gasteiger partial charge is 0.392 e. The van der Waals surface area contributed by atoms with Crippen molar-refractivity contribution < 1.29 is 9.50 Å². The van der Waals surface area contributed by atoms with E-state index >= 15 is 0 Å². The van der Waals surface area contributed by atoms with Crippen LogP contribution in [0.1, 0.15) is 12.5 Å². The van der Waals surface area contributed by atoms with Crippen LogP contribution in [0.4, 0.5) is 4.39 Å². The monoisotopic (exact) mass is 209 g/mol. The van der Waals surface area contributed by atoms with E-state index in [2.05, 4.69) is 5.32 Å². The summed E-state index contributed by atoms with van der Waals surface area (Å²) in [4.78, 5) is 0. The lowest BCUT2D eigenvalue weighted by Crippen LogP contribution is -2.24. The van der Waals surface area contributed by atoms with E-state index in [9.17, 15) is 4.39 Å². The highest BCUT2D eigenvalue weighted by atomic mass is 19.1. The SMILES string of the molecule is CC(O)CNC/C=C/c1ccc(F)cc1. The molecule has 3 heteroatoms. The molecule has 0 saturated heterocycles. The van der Waals surface area contributed by atoms with Crippen LogP contribution in [0.25, 0.3) is 6.08 Å². The molecule has 0 fully saturated rings. The number of halogens is 1. The highest BCUT2D eigenvalue weighted by Gasteiger charge is 1.91. The van der Waals surface area contributed by atoms with E-state index in [0.717, 1.165) is 5.56 Å². The lowest BCUT2D eigenvalue weighted by Gasteiger charge is -2.03. The van der Waals surface area contributed by atoms with Gasteiger partial charge in [-0.05, 0) is 24.6 Å². The Bertz CT molecular complexity index is 306. The summed E-state index contributed by atoms with van der Waals surface area (Å²) < 4.78 is 12.6. The van der Waals surface area contributed by atoms with Crippen LogP contribution in [0.15, 0.2) is 30.3 Å². The summed E-state index contributed by atoms with van der Waals surface area (Å²) in [6.07, 6.45) is 3.52. The Labute approximate surface area is 89.4 Å². The molecule has 1 aromatic rings. The van der Waals surface area contributed by atoms with Gasteiger partial charge in [0, 0.05) is 13.1 Å². The third kappa shape index (κ3) is 5.30. The zero-order chi connectivity index (χ0) is 11.1. The minimum atomic E-state index is -0.329. The average Bonchev–Trinajstić information content (AvgIpc) is 2.20. The van der Waals surface area contributed by atoms with Crippen LogP contribution in [0.3, 0.4) is 0 Å². The van der Waals surface area contributed by atoms with Gasteiger partial charge in [-0.15, -0.1) is 0 Å². The van der Waals surface area contributed by atoms with E-state index in [1.807, 2.05) is 12.2 Å². The zero-order valence-electron chi connectivity index (χ0n) is 8.78. The summed E-state index contributed by atoms with van der Waals surface area (Å²) in [7, 11) is 0. The molecule has 2 N–H and O–H groups in total. The minimum Gasteiger partial charge on any atom is -0.392 e. The van der Waals surface area contributed by atoms with E-state index in [1.54, 1.807) is 19.1 Å². The molecule has 2 nitrogen and oxygen atoms in total. The van der Waals surface area contributed by atoms with Gasteiger partial charge in [0.1, 0.15) is 5.82 Å². The summed E-state index contributed by atoms with van der Waals surface area (Å²) in [5, 5.41) is 12.0. The maximum absolute atomic E-state index is 12.6. The van der Waals surface area contributed by atoms with Gasteiger partial charge in [0.25, 0.3) is 0 Å². The van der Waals surface area contributed by atoms with Crippen molar-refractivity contribution in [1.29, 1.82) is 0 Å². The molecule has 1 unspecified atom stereocenters. The summed E-state index contributed by atoms with van der Waals surface area (Å²) >= 11 is 0. The summed E-state index contributed by atoms with van der Waals surface area (Å²) in [5.74, 6) is -0.223. The van der Waals surface area contributed by atoms with Gasteiger partial charge in [-0.2, -0.15) is 0 Å². The first-order valence-electron chi connectivity index (χ1n) is 4.99. The fraction of sp³-hybridized carbons (Fsp3) is 0.333. The first-order chi connectivity index (χ1) is 7.18. The second-order valence-electron chi connectivity index (χ2n) is 3.46. The Morgan fingerprint density at radius 3 is 2.67 bits per heavy atom. The summed E-state index contributed by atoms with van der Waals surface area (Å²) in [5.41, 5.74) is 0.968. The normalized spacial score (nSPS) is 13.3. The number of aliphatic hydroxyl groups is 1. The molecule has 1 atom stereocenters. The molecule has 0 spiro atoms. The van der Waals surface area contributed by atoms with Crippen LogP contribution in [0, 0.1) is 5.82 Å². The van der Waals surface area contributed by atoms with Gasteiger partial charge in [-0.3, -0.25) is 0 Å². The Balaban J connectivity index is 2.29. The highest BCUT2D eigenvalue weighted by molar-refractivity contribution is 5.48. The molecule has 82 valence electrons. The third-order valence-electron chi connectivity index (χ3n) is 1.88. The molecule has 0 amide bonds. The van der Waals surface area contributed by atoms with Crippen LogP contribution in [0.2, 0.25) is 0 Å². The Morgan fingerprint density at radius 1 is 1.40 bits per heavy atom. The second-order valence-corrected chi connectivity index (χ2v) is 3.46. The predicted molar refractivity (Wildman–Crippen MR) is 60.0 cm³/mol. The molecule has 1 aromatic carbocycles. The van der Waals surface area contributed by atoms with E-state index < -0.39 is 0 Å². The average molecular weight is 209 g/mol. The van der Waals surface area contributed by atoms with Crippen molar-refractivity contribution in [2.75, 3.05) is 13.1 Å². The van der Waals surface area contributed by atoms with Crippen molar-refractivity contribution in [3.05, 3.63) is 41.7 Å². The summed E-state index contributed by atoms with van der Waals surface area (Å²) in [6, 6.07) is 6.31. The standard InChI is InChI=1S/C12H16FNO/c1-10(15)9-14-8-2-3-11-4-6-12(13)7-5-11/h2-7,10,14-15H,8-9H2,1H3/b3-2+. The fourth-order valence-corrected chi connectivity index (χ4v) is 1.14. The molecule has 0 radical (unpaired) electrons. The molecule has 1 rings (SSSR count). The Hall–Kier alpha value is -1.19. The molecule has 0 aliphatic carbocycles. The van der Waals surface area contributed by atoms with Crippen molar-refractivity contribution in [1.82, 2.24) is 5.32 Å². The molecule has 15 heavy (non-hydrogen) atoms. The van der Waals surface area contributed by atoms with Gasteiger partial charge in [0.2, 0.25) is 0 Å². The Kier molecular flexibility index (Phi) is 5.01. The number of hydrogen-bond acceptors (Lipinski definition) is 2. The maximum atomic E-state index is 12.6. The molecular weight excluding hydrogens is 193 g/mol. The van der Waals surface area contributed by atoms with Crippen molar-refractivity contribution in [2.24, 2.45) is 0 Å². The lowest BCUT2D eigenvalue weighted by atomic mass is 10.2. The number of hydrogen-bond donors (Lipinski definition) is 2. The van der Waals surface area contributed by atoms with Crippen LogP contribution < -0.4 is 5.32 Å². The molecule has 0 aliphatic heterocycles. The summed E-state index contributed by atoms with van der Waals surface area (Å²) in [6.45, 7) is 3.01.